The summed E-state index contributed by atoms with van der Waals surface area (Å²) >= 11 is 0. The molecule has 2 aromatic carbocycles. The highest BCUT2D eigenvalue weighted by Gasteiger charge is 2.15. The molecule has 0 radical (unpaired) electrons. The van der Waals surface area contributed by atoms with E-state index in [1.165, 1.54) is 48.8 Å². The second kappa shape index (κ2) is 8.62. The quantitative estimate of drug-likeness (QED) is 0.360. The first-order valence-corrected chi connectivity index (χ1v) is 11.0. The van der Waals surface area contributed by atoms with E-state index in [-0.39, 0.29) is 0 Å². The summed E-state index contributed by atoms with van der Waals surface area (Å²) in [5, 5.41) is 0. The summed E-state index contributed by atoms with van der Waals surface area (Å²) in [6.07, 6.45) is 8.64. The van der Waals surface area contributed by atoms with Gasteiger partial charge in [0.2, 0.25) is 0 Å². The number of rotatable bonds is 4. The lowest BCUT2D eigenvalue weighted by Gasteiger charge is -2.22. The van der Waals surface area contributed by atoms with Gasteiger partial charge in [-0.1, -0.05) is 73.9 Å². The van der Waals surface area contributed by atoms with Crippen LogP contribution in [0.1, 0.15) is 43.6 Å². The number of pyridine rings is 2. The summed E-state index contributed by atoms with van der Waals surface area (Å²) in [4.78, 5) is 9.29. The van der Waals surface area contributed by atoms with E-state index in [9.17, 15) is 0 Å². The zero-order valence-corrected chi connectivity index (χ0v) is 17.2. The lowest BCUT2D eigenvalue weighted by molar-refractivity contribution is 0.443. The largest absolute Gasteiger partial charge is 0.255 e. The van der Waals surface area contributed by atoms with Crippen molar-refractivity contribution in [1.82, 2.24) is 9.97 Å². The average Bonchev–Trinajstić information content (AvgIpc) is 2.85. The molecule has 1 aliphatic rings. The number of hydrogen-bond acceptors (Lipinski definition) is 2. The van der Waals surface area contributed by atoms with E-state index in [1.54, 1.807) is 6.20 Å². The Kier molecular flexibility index (Phi) is 5.39. The number of aromatic nitrogens is 2. The van der Waals surface area contributed by atoms with Gasteiger partial charge in [0.15, 0.2) is 0 Å². The molecule has 2 nitrogen and oxygen atoms in total. The molecular formula is C28H26N2. The molecule has 4 aromatic rings. The molecule has 0 spiro atoms. The maximum Gasteiger partial charge on any atom is 0.0893 e. The molecular weight excluding hydrogens is 364 g/mol. The van der Waals surface area contributed by atoms with Crippen molar-refractivity contribution in [3.8, 4) is 33.8 Å². The summed E-state index contributed by atoms with van der Waals surface area (Å²) in [5.41, 5.74) is 7.88. The lowest BCUT2D eigenvalue weighted by Crippen LogP contribution is -2.04. The van der Waals surface area contributed by atoms with Crippen LogP contribution in [0.5, 0.6) is 0 Å². The molecule has 0 aliphatic heterocycles. The van der Waals surface area contributed by atoms with Gasteiger partial charge < -0.3 is 0 Å². The third kappa shape index (κ3) is 4.04. The molecule has 0 bridgehead atoms. The fraction of sp³-hybridized carbons (Fsp3) is 0.214. The van der Waals surface area contributed by atoms with Crippen LogP contribution in [0.15, 0.2) is 91.1 Å². The number of nitrogens with zero attached hydrogens (tertiary/aromatic N) is 2. The van der Waals surface area contributed by atoms with Crippen LogP contribution < -0.4 is 0 Å². The third-order valence-electron chi connectivity index (χ3n) is 6.16. The third-order valence-corrected chi connectivity index (χ3v) is 6.16. The minimum absolute atomic E-state index is 0.748. The average molecular weight is 391 g/mol. The van der Waals surface area contributed by atoms with Crippen LogP contribution in [0.3, 0.4) is 0 Å². The van der Waals surface area contributed by atoms with Crippen LogP contribution in [-0.4, -0.2) is 9.97 Å². The zero-order valence-electron chi connectivity index (χ0n) is 17.2. The fourth-order valence-corrected chi connectivity index (χ4v) is 4.49. The van der Waals surface area contributed by atoms with Crippen molar-refractivity contribution < 1.29 is 0 Å². The van der Waals surface area contributed by atoms with Crippen LogP contribution in [0.25, 0.3) is 33.8 Å². The number of benzene rings is 2. The minimum Gasteiger partial charge on any atom is -0.255 e. The Bertz CT molecular complexity index is 1110. The van der Waals surface area contributed by atoms with Crippen molar-refractivity contribution in [2.24, 2.45) is 0 Å². The predicted octanol–water partition coefficient (Wildman–Crippen LogP) is 7.53. The molecule has 0 unspecified atom stereocenters. The monoisotopic (exact) mass is 390 g/mol. The Morgan fingerprint density at radius 2 is 1.30 bits per heavy atom. The molecule has 1 fully saturated rings. The molecule has 1 aliphatic carbocycles. The van der Waals surface area contributed by atoms with Crippen LogP contribution in [0, 0.1) is 0 Å². The molecule has 2 heteroatoms. The highest BCUT2D eigenvalue weighted by Crippen LogP contribution is 2.34. The normalized spacial score (nSPS) is 14.5. The van der Waals surface area contributed by atoms with Crippen molar-refractivity contribution in [3.63, 3.8) is 0 Å². The Balaban J connectivity index is 1.42. The summed E-state index contributed by atoms with van der Waals surface area (Å²) in [6, 6.07) is 29.9. The summed E-state index contributed by atoms with van der Waals surface area (Å²) < 4.78 is 0. The van der Waals surface area contributed by atoms with Gasteiger partial charge in [-0.3, -0.25) is 4.98 Å². The first-order chi connectivity index (χ1) is 14.9. The van der Waals surface area contributed by atoms with Gasteiger partial charge in [-0.25, -0.2) is 4.98 Å². The van der Waals surface area contributed by atoms with Gasteiger partial charge >= 0.3 is 0 Å². The van der Waals surface area contributed by atoms with Crippen LogP contribution in [-0.2, 0) is 0 Å². The molecule has 2 aromatic heterocycles. The van der Waals surface area contributed by atoms with E-state index in [2.05, 4.69) is 65.6 Å². The van der Waals surface area contributed by atoms with Crippen molar-refractivity contribution in [1.29, 1.82) is 0 Å². The van der Waals surface area contributed by atoms with Crippen molar-refractivity contribution in [2.75, 3.05) is 0 Å². The fourth-order valence-electron chi connectivity index (χ4n) is 4.49. The second-order valence-electron chi connectivity index (χ2n) is 8.16. The molecule has 1 saturated carbocycles. The maximum atomic E-state index is 4.86. The number of hydrogen-bond donors (Lipinski definition) is 0. The van der Waals surface area contributed by atoms with Gasteiger partial charge in [-0.15, -0.1) is 0 Å². The SMILES string of the molecule is c1ccc(-c2cccc(-c3cccc(-c4ccc(C5CCCCC5)cc4)c3)n2)nc1. The Morgan fingerprint density at radius 1 is 0.567 bits per heavy atom. The first kappa shape index (κ1) is 18.7. The summed E-state index contributed by atoms with van der Waals surface area (Å²) in [6.45, 7) is 0. The van der Waals surface area contributed by atoms with Crippen molar-refractivity contribution in [3.05, 3.63) is 96.7 Å². The minimum atomic E-state index is 0.748. The van der Waals surface area contributed by atoms with Crippen LogP contribution in [0.2, 0.25) is 0 Å². The van der Waals surface area contributed by atoms with Crippen LogP contribution in [0.4, 0.5) is 0 Å². The molecule has 0 amide bonds. The van der Waals surface area contributed by atoms with Gasteiger partial charge in [0.25, 0.3) is 0 Å². The van der Waals surface area contributed by atoms with Gasteiger partial charge in [0.05, 0.1) is 17.1 Å². The zero-order chi connectivity index (χ0) is 20.2. The Morgan fingerprint density at radius 3 is 2.10 bits per heavy atom. The lowest BCUT2D eigenvalue weighted by atomic mass is 9.83. The van der Waals surface area contributed by atoms with Crippen molar-refractivity contribution >= 4 is 0 Å². The molecule has 2 heterocycles. The Hall–Kier alpha value is -3.26. The molecule has 5 rings (SSSR count). The topological polar surface area (TPSA) is 25.8 Å². The van der Waals surface area contributed by atoms with Crippen LogP contribution >= 0.6 is 0 Å². The molecule has 148 valence electrons. The van der Waals surface area contributed by atoms with Crippen molar-refractivity contribution in [2.45, 2.75) is 38.0 Å². The smallest absolute Gasteiger partial charge is 0.0893 e. The predicted molar refractivity (Wildman–Crippen MR) is 124 cm³/mol. The van der Waals surface area contributed by atoms with E-state index < -0.39 is 0 Å². The van der Waals surface area contributed by atoms with Gasteiger partial charge in [-0.2, -0.15) is 0 Å². The highest BCUT2D eigenvalue weighted by molar-refractivity contribution is 5.72. The molecule has 0 saturated heterocycles. The molecule has 0 N–H and O–H groups in total. The highest BCUT2D eigenvalue weighted by atomic mass is 14.8. The van der Waals surface area contributed by atoms with Gasteiger partial charge in [0, 0.05) is 11.8 Å². The van der Waals surface area contributed by atoms with E-state index in [4.69, 9.17) is 4.98 Å². The van der Waals surface area contributed by atoms with Gasteiger partial charge in [0.1, 0.15) is 0 Å². The standard InChI is InChI=1S/C28H26N2/c1-2-8-21(9-3-1)22-15-17-23(18-16-22)24-10-6-11-25(20-24)26-13-7-14-28(30-26)27-12-4-5-19-29-27/h4-7,10-21H,1-3,8-9H2. The van der Waals surface area contributed by atoms with E-state index in [1.807, 2.05) is 24.3 Å². The summed E-state index contributed by atoms with van der Waals surface area (Å²) in [7, 11) is 0. The first-order valence-electron chi connectivity index (χ1n) is 11.0. The van der Waals surface area contributed by atoms with E-state index in [0.717, 1.165) is 28.6 Å². The van der Waals surface area contributed by atoms with Gasteiger partial charge in [-0.05, 0) is 65.8 Å². The second-order valence-corrected chi connectivity index (χ2v) is 8.16. The summed E-state index contributed by atoms with van der Waals surface area (Å²) in [5.74, 6) is 0.748. The molecule has 0 atom stereocenters. The van der Waals surface area contributed by atoms with E-state index in [0.29, 0.717) is 0 Å². The molecule has 30 heavy (non-hydrogen) atoms. The Labute approximate surface area is 178 Å². The maximum absolute atomic E-state index is 4.86. The van der Waals surface area contributed by atoms with E-state index >= 15 is 0 Å².